The molecule has 2 aliphatic rings. The van der Waals surface area contributed by atoms with E-state index in [1.807, 2.05) is 12.1 Å². The Bertz CT molecular complexity index is 415. The minimum Gasteiger partial charge on any atom is -0.384 e. The number of hydrogen-bond acceptors (Lipinski definition) is 2. The molecule has 92 valence electrons. The van der Waals surface area contributed by atoms with Crippen molar-refractivity contribution in [2.45, 2.75) is 18.3 Å². The largest absolute Gasteiger partial charge is 0.384 e. The van der Waals surface area contributed by atoms with Crippen molar-refractivity contribution in [3.8, 4) is 0 Å². The van der Waals surface area contributed by atoms with Gasteiger partial charge in [0.2, 0.25) is 0 Å². The van der Waals surface area contributed by atoms with Crippen LogP contribution in [0.25, 0.3) is 0 Å². The molecule has 1 aromatic rings. The Morgan fingerprint density at radius 3 is 2.82 bits per heavy atom. The fourth-order valence-electron chi connectivity index (χ4n) is 3.59. The SMILES string of the molecule is COC[C@@]12CNCC[C@]1(c1ccc(Cl)cc1)C2. The van der Waals surface area contributed by atoms with Gasteiger partial charge in [0.1, 0.15) is 0 Å². The van der Waals surface area contributed by atoms with Gasteiger partial charge in [0, 0.05) is 29.5 Å². The van der Waals surface area contributed by atoms with Crippen molar-refractivity contribution >= 4 is 11.6 Å². The van der Waals surface area contributed by atoms with Gasteiger partial charge in [-0.3, -0.25) is 0 Å². The maximum Gasteiger partial charge on any atom is 0.0539 e. The number of ether oxygens (including phenoxy) is 1. The molecule has 0 radical (unpaired) electrons. The number of nitrogens with one attached hydrogen (secondary N) is 1. The first kappa shape index (κ1) is 11.5. The van der Waals surface area contributed by atoms with E-state index in [4.69, 9.17) is 16.3 Å². The minimum atomic E-state index is 0.313. The molecular formula is C14H18ClNO. The molecule has 3 heteroatoms. The lowest BCUT2D eigenvalue weighted by Gasteiger charge is -2.31. The zero-order valence-electron chi connectivity index (χ0n) is 10.1. The van der Waals surface area contributed by atoms with Crippen LogP contribution in [0.1, 0.15) is 18.4 Å². The van der Waals surface area contributed by atoms with E-state index < -0.39 is 0 Å². The summed E-state index contributed by atoms with van der Waals surface area (Å²) < 4.78 is 5.43. The van der Waals surface area contributed by atoms with E-state index in [9.17, 15) is 0 Å². The molecule has 17 heavy (non-hydrogen) atoms. The van der Waals surface area contributed by atoms with Crippen LogP contribution in [-0.4, -0.2) is 26.8 Å². The van der Waals surface area contributed by atoms with Crippen molar-refractivity contribution in [2.24, 2.45) is 5.41 Å². The molecule has 2 atom stereocenters. The first-order chi connectivity index (χ1) is 8.22. The van der Waals surface area contributed by atoms with E-state index in [0.717, 1.165) is 24.7 Å². The zero-order chi connectivity index (χ0) is 11.9. The number of halogens is 1. The molecular weight excluding hydrogens is 234 g/mol. The average Bonchev–Trinajstić information content (AvgIpc) is 3.00. The molecule has 1 aliphatic heterocycles. The van der Waals surface area contributed by atoms with Crippen LogP contribution < -0.4 is 5.32 Å². The molecule has 3 rings (SSSR count). The van der Waals surface area contributed by atoms with Gasteiger partial charge in [0.05, 0.1) is 6.61 Å². The Kier molecular flexibility index (Phi) is 2.69. The number of benzene rings is 1. The lowest BCUT2D eigenvalue weighted by Crippen LogP contribution is -2.40. The highest BCUT2D eigenvalue weighted by molar-refractivity contribution is 6.30. The maximum atomic E-state index is 5.97. The number of hydrogen-bond donors (Lipinski definition) is 1. The first-order valence-electron chi connectivity index (χ1n) is 6.18. The second kappa shape index (κ2) is 3.98. The minimum absolute atomic E-state index is 0.313. The molecule has 0 aromatic heterocycles. The molecule has 1 N–H and O–H groups in total. The third-order valence-electron chi connectivity index (χ3n) is 4.54. The summed E-state index contributed by atoms with van der Waals surface area (Å²) in [5.74, 6) is 0. The lowest BCUT2D eigenvalue weighted by atomic mass is 9.81. The summed E-state index contributed by atoms with van der Waals surface area (Å²) >= 11 is 5.97. The molecule has 0 unspecified atom stereocenters. The number of methoxy groups -OCH3 is 1. The smallest absolute Gasteiger partial charge is 0.0539 e. The van der Waals surface area contributed by atoms with E-state index in [2.05, 4.69) is 17.4 Å². The van der Waals surface area contributed by atoms with Crippen LogP contribution in [0.15, 0.2) is 24.3 Å². The van der Waals surface area contributed by atoms with Gasteiger partial charge in [-0.05, 0) is 37.1 Å². The number of piperidine rings is 1. The Morgan fingerprint density at radius 2 is 2.12 bits per heavy atom. The standard InChI is InChI=1S/C14H18ClNO/c1-17-10-13-8-14(13,6-7-16-9-13)11-2-4-12(15)5-3-11/h2-5,16H,6-10H2,1H3/t13-,14-/m1/s1. The predicted molar refractivity (Wildman–Crippen MR) is 69.5 cm³/mol. The molecule has 1 saturated carbocycles. The predicted octanol–water partition coefficient (Wildman–Crippen LogP) is 2.61. The molecule has 1 aromatic carbocycles. The van der Waals surface area contributed by atoms with Crippen molar-refractivity contribution < 1.29 is 4.74 Å². The van der Waals surface area contributed by atoms with Crippen LogP contribution in [0.4, 0.5) is 0 Å². The van der Waals surface area contributed by atoms with E-state index >= 15 is 0 Å². The monoisotopic (exact) mass is 251 g/mol. The zero-order valence-corrected chi connectivity index (χ0v) is 10.9. The maximum absolute atomic E-state index is 5.97. The second-order valence-corrected chi connectivity index (χ2v) is 5.84. The number of fused-ring (bicyclic) bond motifs is 1. The van der Waals surface area contributed by atoms with Crippen LogP contribution in [0.2, 0.25) is 5.02 Å². The van der Waals surface area contributed by atoms with Crippen molar-refractivity contribution in [3.63, 3.8) is 0 Å². The van der Waals surface area contributed by atoms with E-state index in [1.54, 1.807) is 7.11 Å². The summed E-state index contributed by atoms with van der Waals surface area (Å²) in [6.45, 7) is 3.03. The Balaban J connectivity index is 1.93. The van der Waals surface area contributed by atoms with Crippen LogP contribution in [-0.2, 0) is 10.2 Å². The third-order valence-corrected chi connectivity index (χ3v) is 4.79. The molecule has 1 heterocycles. The molecule has 0 amide bonds. The summed E-state index contributed by atoms with van der Waals surface area (Å²) in [5, 5.41) is 4.32. The van der Waals surface area contributed by atoms with Crippen LogP contribution >= 0.6 is 11.6 Å². The van der Waals surface area contributed by atoms with Crippen LogP contribution in [0.3, 0.4) is 0 Å². The third kappa shape index (κ3) is 1.62. The number of rotatable bonds is 3. The molecule has 1 aliphatic carbocycles. The van der Waals surface area contributed by atoms with Gasteiger partial charge in [0.25, 0.3) is 0 Å². The van der Waals surface area contributed by atoms with Gasteiger partial charge in [0.15, 0.2) is 0 Å². The van der Waals surface area contributed by atoms with Crippen molar-refractivity contribution in [2.75, 3.05) is 26.8 Å². The Hall–Kier alpha value is -0.570. The van der Waals surface area contributed by atoms with Crippen molar-refractivity contribution in [3.05, 3.63) is 34.9 Å². The normalized spacial score (nSPS) is 35.4. The Morgan fingerprint density at radius 1 is 1.35 bits per heavy atom. The van der Waals surface area contributed by atoms with Gasteiger partial charge in [-0.1, -0.05) is 23.7 Å². The highest BCUT2D eigenvalue weighted by Gasteiger charge is 2.68. The highest BCUT2D eigenvalue weighted by atomic mass is 35.5. The Labute approximate surface area is 107 Å². The van der Waals surface area contributed by atoms with E-state index in [-0.39, 0.29) is 0 Å². The van der Waals surface area contributed by atoms with Crippen LogP contribution in [0, 0.1) is 5.41 Å². The lowest BCUT2D eigenvalue weighted by molar-refractivity contribution is 0.116. The summed E-state index contributed by atoms with van der Waals surface area (Å²) in [7, 11) is 1.80. The average molecular weight is 252 g/mol. The molecule has 2 fully saturated rings. The fraction of sp³-hybridized carbons (Fsp3) is 0.571. The van der Waals surface area contributed by atoms with Gasteiger partial charge < -0.3 is 10.1 Å². The summed E-state index contributed by atoms with van der Waals surface area (Å²) in [4.78, 5) is 0. The topological polar surface area (TPSA) is 21.3 Å². The molecule has 1 saturated heterocycles. The summed E-state index contributed by atoms with van der Waals surface area (Å²) in [6.07, 6.45) is 2.44. The molecule has 0 spiro atoms. The van der Waals surface area contributed by atoms with Crippen molar-refractivity contribution in [1.82, 2.24) is 5.32 Å². The van der Waals surface area contributed by atoms with E-state index in [1.165, 1.54) is 18.4 Å². The van der Waals surface area contributed by atoms with Gasteiger partial charge in [-0.15, -0.1) is 0 Å². The van der Waals surface area contributed by atoms with Gasteiger partial charge >= 0.3 is 0 Å². The van der Waals surface area contributed by atoms with Gasteiger partial charge in [-0.25, -0.2) is 0 Å². The first-order valence-corrected chi connectivity index (χ1v) is 6.56. The molecule has 2 nitrogen and oxygen atoms in total. The van der Waals surface area contributed by atoms with E-state index in [0.29, 0.717) is 10.8 Å². The van der Waals surface area contributed by atoms with Crippen molar-refractivity contribution in [1.29, 1.82) is 0 Å². The quantitative estimate of drug-likeness (QED) is 0.892. The van der Waals surface area contributed by atoms with Crippen LogP contribution in [0.5, 0.6) is 0 Å². The van der Waals surface area contributed by atoms with Gasteiger partial charge in [-0.2, -0.15) is 0 Å². The fourth-order valence-corrected chi connectivity index (χ4v) is 3.71. The highest BCUT2D eigenvalue weighted by Crippen LogP contribution is 2.67. The molecule has 0 bridgehead atoms. The summed E-state index contributed by atoms with van der Waals surface area (Å²) in [5.41, 5.74) is 2.08. The summed E-state index contributed by atoms with van der Waals surface area (Å²) in [6, 6.07) is 8.38. The second-order valence-electron chi connectivity index (χ2n) is 5.41.